The topological polar surface area (TPSA) is 182 Å². The van der Waals surface area contributed by atoms with E-state index in [4.69, 9.17) is 14.3 Å². The van der Waals surface area contributed by atoms with Crippen molar-refractivity contribution in [2.75, 3.05) is 13.2 Å². The van der Waals surface area contributed by atoms with Gasteiger partial charge >= 0.3 is 6.09 Å². The minimum Gasteiger partial charge on any atom is -0.490 e. The molecule has 1 aliphatic heterocycles. The molecule has 0 spiro atoms. The van der Waals surface area contributed by atoms with Gasteiger partial charge in [-0.15, -0.1) is 6.58 Å². The van der Waals surface area contributed by atoms with Crippen molar-refractivity contribution < 1.29 is 41.9 Å². The van der Waals surface area contributed by atoms with Crippen molar-refractivity contribution in [2.24, 2.45) is 22.9 Å². The summed E-state index contributed by atoms with van der Waals surface area (Å²) >= 11 is 0. The second kappa shape index (κ2) is 15.4. The average Bonchev–Trinajstić information content (AvgIpc) is 4.06. The molecule has 4 aliphatic carbocycles. The highest BCUT2D eigenvalue weighted by Crippen LogP contribution is 2.47. The third-order valence-corrected chi connectivity index (χ3v) is 12.7. The molecule has 298 valence electrons. The van der Waals surface area contributed by atoms with Gasteiger partial charge in [-0.1, -0.05) is 47.6 Å². The van der Waals surface area contributed by atoms with Crippen LogP contribution in [0.15, 0.2) is 72.4 Å². The highest BCUT2D eigenvalue weighted by molar-refractivity contribution is 7.91. The lowest BCUT2D eigenvalue weighted by Gasteiger charge is -2.30. The highest BCUT2D eigenvalue weighted by Gasteiger charge is 2.62. The number of oxime groups is 1. The molecule has 56 heavy (non-hydrogen) atoms. The molecule has 4 bridgehead atoms. The van der Waals surface area contributed by atoms with Gasteiger partial charge in [0.1, 0.15) is 35.3 Å². The van der Waals surface area contributed by atoms with E-state index in [1.165, 1.54) is 11.1 Å². The molecule has 5 atom stereocenters. The summed E-state index contributed by atoms with van der Waals surface area (Å²) in [5, 5.41) is 8.04. The molecule has 2 aromatic rings. The van der Waals surface area contributed by atoms with Crippen molar-refractivity contribution >= 4 is 39.5 Å². The standard InChI is InChI=1S/C41H49N5O9S/c1-5-25-24-41(25,38(49)45-56(51,52)28-16-17-28)42-36(47)33-22-27-23-34(33)37(48)46(43-39(50)54-40(2,3)4)19-11-7-6-8-12-20-53-26-15-18-30-29-13-9-10-14-31(29)35(44-55-27)32(30)21-26/h5,8-10,12-15,18,21,25,27-28,33-34H,1,6-7,11,16-17,19-20,22-24H2,2-4H3,(H,42,47)(H,43,50)(H,45,49)/b12-8-,44-35+/t25-,27+,33+,34+,41+/m0/s1. The van der Waals surface area contributed by atoms with Gasteiger partial charge in [0, 0.05) is 23.6 Å². The van der Waals surface area contributed by atoms with Crippen LogP contribution in [0.5, 0.6) is 5.75 Å². The van der Waals surface area contributed by atoms with Crippen molar-refractivity contribution in [1.82, 2.24) is 20.5 Å². The maximum absolute atomic E-state index is 14.6. The predicted molar refractivity (Wildman–Crippen MR) is 207 cm³/mol. The fourth-order valence-electron chi connectivity index (χ4n) is 7.70. The van der Waals surface area contributed by atoms with E-state index in [1.54, 1.807) is 20.8 Å². The Balaban J connectivity index is 1.21. The monoisotopic (exact) mass is 787 g/mol. The molecule has 0 saturated heterocycles. The van der Waals surface area contributed by atoms with E-state index in [2.05, 4.69) is 27.2 Å². The number of amides is 4. The zero-order chi connectivity index (χ0) is 39.8. The van der Waals surface area contributed by atoms with E-state index in [9.17, 15) is 27.6 Å². The first-order valence-electron chi connectivity index (χ1n) is 19.3. The maximum atomic E-state index is 14.6. The Labute approximate surface area is 327 Å². The van der Waals surface area contributed by atoms with Crippen molar-refractivity contribution in [3.63, 3.8) is 0 Å². The zero-order valence-corrected chi connectivity index (χ0v) is 32.7. The summed E-state index contributed by atoms with van der Waals surface area (Å²) < 4.78 is 39.2. The van der Waals surface area contributed by atoms with Gasteiger partial charge in [0.15, 0.2) is 0 Å². The van der Waals surface area contributed by atoms with Crippen molar-refractivity contribution in [1.29, 1.82) is 0 Å². The van der Waals surface area contributed by atoms with Crippen LogP contribution >= 0.6 is 0 Å². The smallest absolute Gasteiger partial charge is 0.426 e. The number of sulfonamides is 1. The van der Waals surface area contributed by atoms with Gasteiger partial charge in [-0.25, -0.2) is 18.6 Å². The van der Waals surface area contributed by atoms with Crippen LogP contribution in [0.25, 0.3) is 11.1 Å². The second-order valence-electron chi connectivity index (χ2n) is 16.2. The molecule has 7 rings (SSSR count). The summed E-state index contributed by atoms with van der Waals surface area (Å²) in [4.78, 5) is 61.7. The summed E-state index contributed by atoms with van der Waals surface area (Å²) in [5.41, 5.74) is 4.43. The quantitative estimate of drug-likeness (QED) is 0.281. The van der Waals surface area contributed by atoms with Crippen LogP contribution in [-0.4, -0.2) is 78.6 Å². The summed E-state index contributed by atoms with van der Waals surface area (Å²) in [5.74, 6) is -3.85. The number of ether oxygens (including phenoxy) is 2. The lowest BCUT2D eigenvalue weighted by atomic mass is 9.93. The summed E-state index contributed by atoms with van der Waals surface area (Å²) in [7, 11) is -3.90. The fraction of sp³-hybridized carbons (Fsp3) is 0.488. The number of nitrogens with one attached hydrogen (secondary N) is 3. The van der Waals surface area contributed by atoms with Gasteiger partial charge in [0.2, 0.25) is 21.8 Å². The molecule has 5 aliphatic rings. The number of carbonyl (C=O) groups excluding carboxylic acids is 4. The lowest BCUT2D eigenvalue weighted by molar-refractivity contribution is -0.144. The number of hydrogen-bond donors (Lipinski definition) is 3. The van der Waals surface area contributed by atoms with E-state index < -0.39 is 74.1 Å². The van der Waals surface area contributed by atoms with Crippen LogP contribution in [0.1, 0.15) is 83.3 Å². The predicted octanol–water partition coefficient (Wildman–Crippen LogP) is 4.89. The number of allylic oxidation sites excluding steroid dienone is 1. The number of hydrogen-bond acceptors (Lipinski definition) is 10. The van der Waals surface area contributed by atoms with Crippen LogP contribution < -0.4 is 20.2 Å². The molecular weight excluding hydrogens is 739 g/mol. The molecule has 2 aromatic carbocycles. The van der Waals surface area contributed by atoms with Gasteiger partial charge in [-0.2, -0.15) is 0 Å². The van der Waals surface area contributed by atoms with Gasteiger partial charge in [-0.3, -0.25) is 24.1 Å². The van der Waals surface area contributed by atoms with Crippen molar-refractivity contribution in [2.45, 2.75) is 94.6 Å². The molecule has 0 aromatic heterocycles. The number of carbonyl (C=O) groups is 4. The first-order valence-corrected chi connectivity index (χ1v) is 20.8. The SMILES string of the molecule is C=C[C@H]1C[C@]1(NC(=O)[C@@H]1C[C@@H]2C[C@H]1C(=O)N(NC(=O)OC(C)(C)C)CCCC/C=C\COc1ccc3c(c1)/C(=N/O2)c1ccccc1-3)C(=O)NS(=O)(=O)C1CC1. The molecule has 0 unspecified atom stereocenters. The molecule has 15 heteroatoms. The third-order valence-electron chi connectivity index (χ3n) is 10.8. The molecule has 3 fully saturated rings. The van der Waals surface area contributed by atoms with E-state index >= 15 is 0 Å². The minimum atomic E-state index is -3.90. The highest BCUT2D eigenvalue weighted by atomic mass is 32.2. The van der Waals surface area contributed by atoms with E-state index in [0.29, 0.717) is 50.2 Å². The molecule has 3 N–H and O–H groups in total. The van der Waals surface area contributed by atoms with Gasteiger partial charge in [0.05, 0.1) is 17.1 Å². The molecular formula is C41H49N5O9S. The Morgan fingerprint density at radius 1 is 1.02 bits per heavy atom. The Kier molecular flexibility index (Phi) is 10.7. The Morgan fingerprint density at radius 3 is 2.48 bits per heavy atom. The van der Waals surface area contributed by atoms with Gasteiger partial charge < -0.3 is 19.6 Å². The first-order chi connectivity index (χ1) is 26.7. The van der Waals surface area contributed by atoms with E-state index in [1.807, 2.05) is 54.6 Å². The molecule has 14 nitrogen and oxygen atoms in total. The molecule has 3 saturated carbocycles. The van der Waals surface area contributed by atoms with E-state index in [0.717, 1.165) is 22.3 Å². The number of fused-ring (bicyclic) bond motifs is 6. The first kappa shape index (κ1) is 39.1. The molecule has 0 radical (unpaired) electrons. The molecule has 4 amide bonds. The van der Waals surface area contributed by atoms with Crippen LogP contribution in [0.4, 0.5) is 4.79 Å². The average molecular weight is 788 g/mol. The number of benzene rings is 2. The Hall–Kier alpha value is -5.18. The van der Waals surface area contributed by atoms with Crippen LogP contribution in [0.2, 0.25) is 0 Å². The minimum absolute atomic E-state index is 0.0541. The summed E-state index contributed by atoms with van der Waals surface area (Å²) in [6.45, 7) is 9.43. The number of rotatable bonds is 7. The van der Waals surface area contributed by atoms with Gasteiger partial charge in [-0.05, 0) is 101 Å². The lowest BCUT2D eigenvalue weighted by Crippen LogP contribution is -2.55. The molecule has 1 heterocycles. The number of hydrazine groups is 1. The second-order valence-corrected chi connectivity index (χ2v) is 18.1. The normalized spacial score (nSPS) is 27.7. The third kappa shape index (κ3) is 8.32. The zero-order valence-electron chi connectivity index (χ0n) is 31.9. The van der Waals surface area contributed by atoms with Crippen LogP contribution in [0.3, 0.4) is 0 Å². The van der Waals surface area contributed by atoms with Gasteiger partial charge in [0.25, 0.3) is 5.91 Å². The fourth-order valence-corrected chi connectivity index (χ4v) is 9.07. The summed E-state index contributed by atoms with van der Waals surface area (Å²) in [6.07, 6.45) is 7.01. The maximum Gasteiger partial charge on any atom is 0.426 e. The van der Waals surface area contributed by atoms with Crippen molar-refractivity contribution in [3.05, 3.63) is 78.4 Å². The number of nitrogens with zero attached hydrogens (tertiary/aromatic N) is 2. The van der Waals surface area contributed by atoms with Crippen LogP contribution in [0, 0.1) is 17.8 Å². The van der Waals surface area contributed by atoms with E-state index in [-0.39, 0.29) is 25.8 Å². The summed E-state index contributed by atoms with van der Waals surface area (Å²) in [6, 6.07) is 13.7. The van der Waals surface area contributed by atoms with Crippen LogP contribution in [-0.2, 0) is 34.0 Å². The Bertz CT molecular complexity index is 2090. The largest absolute Gasteiger partial charge is 0.490 e. The van der Waals surface area contributed by atoms with Crippen molar-refractivity contribution in [3.8, 4) is 16.9 Å². The Morgan fingerprint density at radius 2 is 1.77 bits per heavy atom.